The zero-order valence-electron chi connectivity index (χ0n) is 13.2. The Balaban J connectivity index is 1.54. The fourth-order valence-electron chi connectivity index (χ4n) is 3.05. The summed E-state index contributed by atoms with van der Waals surface area (Å²) in [6.45, 7) is 3.64. The van der Waals surface area contributed by atoms with E-state index in [9.17, 15) is 8.42 Å². The second kappa shape index (κ2) is 6.15. The van der Waals surface area contributed by atoms with Crippen LogP contribution in [0.25, 0.3) is 0 Å². The molecule has 2 aliphatic heterocycles. The molecule has 0 unspecified atom stereocenters. The standard InChI is InChI=1S/C15H19N5O3S/c21-24(22,20-4-3-13-14(10-20)18-11-17-13)12-1-2-15(16-9-12)19-5-7-23-8-6-19/h1-2,9,11H,3-8,10H2,(H,17,18). The van der Waals surface area contributed by atoms with E-state index in [0.29, 0.717) is 32.7 Å². The van der Waals surface area contributed by atoms with Gasteiger partial charge in [0.05, 0.1) is 37.5 Å². The zero-order chi connectivity index (χ0) is 16.6. The Morgan fingerprint density at radius 3 is 2.71 bits per heavy atom. The monoisotopic (exact) mass is 349 g/mol. The maximum atomic E-state index is 12.8. The molecule has 24 heavy (non-hydrogen) atoms. The summed E-state index contributed by atoms with van der Waals surface area (Å²) in [6, 6.07) is 3.40. The molecule has 1 saturated heterocycles. The summed E-state index contributed by atoms with van der Waals surface area (Å²) in [5.74, 6) is 0.784. The van der Waals surface area contributed by atoms with Crippen molar-refractivity contribution in [1.29, 1.82) is 0 Å². The maximum Gasteiger partial charge on any atom is 0.244 e. The fourth-order valence-corrected chi connectivity index (χ4v) is 4.40. The van der Waals surface area contributed by atoms with Gasteiger partial charge >= 0.3 is 0 Å². The van der Waals surface area contributed by atoms with Gasteiger partial charge in [-0.1, -0.05) is 0 Å². The molecular formula is C15H19N5O3S. The number of fused-ring (bicyclic) bond motifs is 1. The maximum absolute atomic E-state index is 12.8. The summed E-state index contributed by atoms with van der Waals surface area (Å²) < 4.78 is 32.4. The van der Waals surface area contributed by atoms with Gasteiger partial charge in [-0.15, -0.1) is 0 Å². The summed E-state index contributed by atoms with van der Waals surface area (Å²) in [5, 5.41) is 0. The Morgan fingerprint density at radius 2 is 1.96 bits per heavy atom. The van der Waals surface area contributed by atoms with Crippen LogP contribution in [-0.4, -0.2) is 60.5 Å². The molecule has 0 saturated carbocycles. The highest BCUT2D eigenvalue weighted by atomic mass is 32.2. The lowest BCUT2D eigenvalue weighted by Crippen LogP contribution is -2.37. The van der Waals surface area contributed by atoms with E-state index in [4.69, 9.17) is 4.74 Å². The molecule has 2 aromatic rings. The molecule has 0 bridgehead atoms. The average Bonchev–Trinajstić information content (AvgIpc) is 3.10. The van der Waals surface area contributed by atoms with Crippen molar-refractivity contribution in [3.8, 4) is 0 Å². The minimum Gasteiger partial charge on any atom is -0.378 e. The smallest absolute Gasteiger partial charge is 0.244 e. The average molecular weight is 349 g/mol. The van der Waals surface area contributed by atoms with E-state index in [-0.39, 0.29) is 4.90 Å². The minimum atomic E-state index is -3.55. The van der Waals surface area contributed by atoms with E-state index in [1.807, 2.05) is 0 Å². The Bertz CT molecular complexity index is 812. The number of hydrogen-bond acceptors (Lipinski definition) is 6. The van der Waals surface area contributed by atoms with Gasteiger partial charge in [-0.3, -0.25) is 0 Å². The fraction of sp³-hybridized carbons (Fsp3) is 0.467. The van der Waals surface area contributed by atoms with Crippen molar-refractivity contribution in [3.63, 3.8) is 0 Å². The van der Waals surface area contributed by atoms with E-state index in [1.165, 1.54) is 10.5 Å². The number of nitrogens with one attached hydrogen (secondary N) is 1. The summed E-state index contributed by atoms with van der Waals surface area (Å²) >= 11 is 0. The summed E-state index contributed by atoms with van der Waals surface area (Å²) in [7, 11) is -3.55. The van der Waals surface area contributed by atoms with Crippen molar-refractivity contribution in [2.45, 2.75) is 17.9 Å². The van der Waals surface area contributed by atoms with Crippen LogP contribution in [0, 0.1) is 0 Å². The molecule has 4 heterocycles. The van der Waals surface area contributed by atoms with Crippen LogP contribution in [0.3, 0.4) is 0 Å². The van der Waals surface area contributed by atoms with Gasteiger partial charge in [0.1, 0.15) is 10.7 Å². The predicted molar refractivity (Wildman–Crippen MR) is 87.2 cm³/mol. The highest BCUT2D eigenvalue weighted by molar-refractivity contribution is 7.89. The second-order valence-electron chi connectivity index (χ2n) is 5.87. The SMILES string of the molecule is O=S(=O)(c1ccc(N2CCOCC2)nc1)N1CCc2nc[nH]c2C1. The zero-order valence-corrected chi connectivity index (χ0v) is 14.0. The van der Waals surface area contributed by atoms with Crippen LogP contribution in [-0.2, 0) is 27.7 Å². The second-order valence-corrected chi connectivity index (χ2v) is 7.81. The molecule has 2 aromatic heterocycles. The number of pyridine rings is 1. The molecule has 0 aromatic carbocycles. The van der Waals surface area contributed by atoms with E-state index in [2.05, 4.69) is 19.9 Å². The number of aromatic nitrogens is 3. The van der Waals surface area contributed by atoms with Gasteiger partial charge < -0.3 is 14.6 Å². The van der Waals surface area contributed by atoms with Crippen molar-refractivity contribution in [2.24, 2.45) is 0 Å². The number of aromatic amines is 1. The van der Waals surface area contributed by atoms with Crippen molar-refractivity contribution in [2.75, 3.05) is 37.7 Å². The number of nitrogens with zero attached hydrogens (tertiary/aromatic N) is 4. The highest BCUT2D eigenvalue weighted by Gasteiger charge is 2.29. The molecule has 0 spiro atoms. The number of sulfonamides is 1. The molecule has 2 aliphatic rings. The Kier molecular flexibility index (Phi) is 3.99. The number of morpholine rings is 1. The summed E-state index contributed by atoms with van der Waals surface area (Å²) in [5.41, 5.74) is 1.81. The summed E-state index contributed by atoms with van der Waals surface area (Å²) in [4.78, 5) is 13.9. The van der Waals surface area contributed by atoms with Crippen LogP contribution in [0.2, 0.25) is 0 Å². The lowest BCUT2D eigenvalue weighted by atomic mass is 10.2. The number of H-pyrrole nitrogens is 1. The Morgan fingerprint density at radius 1 is 1.12 bits per heavy atom. The molecule has 1 N–H and O–H groups in total. The van der Waals surface area contributed by atoms with Crippen LogP contribution in [0.15, 0.2) is 29.6 Å². The van der Waals surface area contributed by atoms with Gasteiger partial charge in [-0.25, -0.2) is 18.4 Å². The number of rotatable bonds is 3. The van der Waals surface area contributed by atoms with Crippen molar-refractivity contribution >= 4 is 15.8 Å². The van der Waals surface area contributed by atoms with Crippen LogP contribution >= 0.6 is 0 Å². The van der Waals surface area contributed by atoms with Gasteiger partial charge in [0, 0.05) is 32.3 Å². The number of imidazole rings is 1. The minimum absolute atomic E-state index is 0.225. The highest BCUT2D eigenvalue weighted by Crippen LogP contribution is 2.24. The molecule has 1 fully saturated rings. The first-order chi connectivity index (χ1) is 11.6. The number of ether oxygens (including phenoxy) is 1. The van der Waals surface area contributed by atoms with E-state index in [1.54, 1.807) is 18.5 Å². The molecule has 128 valence electrons. The van der Waals surface area contributed by atoms with Crippen LogP contribution < -0.4 is 4.90 Å². The van der Waals surface area contributed by atoms with Gasteiger partial charge in [-0.2, -0.15) is 4.31 Å². The van der Waals surface area contributed by atoms with Gasteiger partial charge in [-0.05, 0) is 12.1 Å². The topological polar surface area (TPSA) is 91.4 Å². The van der Waals surface area contributed by atoms with Crippen molar-refractivity contribution in [1.82, 2.24) is 19.3 Å². The van der Waals surface area contributed by atoms with Crippen molar-refractivity contribution in [3.05, 3.63) is 36.0 Å². The first-order valence-corrected chi connectivity index (χ1v) is 9.38. The first-order valence-electron chi connectivity index (χ1n) is 7.94. The lowest BCUT2D eigenvalue weighted by molar-refractivity contribution is 0.122. The third-order valence-electron chi connectivity index (χ3n) is 4.43. The molecule has 4 rings (SSSR count). The molecule has 0 radical (unpaired) electrons. The Hall–Kier alpha value is -1.97. The van der Waals surface area contributed by atoms with Crippen LogP contribution in [0.4, 0.5) is 5.82 Å². The van der Waals surface area contributed by atoms with Crippen molar-refractivity contribution < 1.29 is 13.2 Å². The predicted octanol–water partition coefficient (Wildman–Crippen LogP) is 0.388. The van der Waals surface area contributed by atoms with E-state index in [0.717, 1.165) is 30.3 Å². The molecule has 9 heteroatoms. The molecule has 0 atom stereocenters. The molecule has 8 nitrogen and oxygen atoms in total. The largest absolute Gasteiger partial charge is 0.378 e. The number of hydrogen-bond donors (Lipinski definition) is 1. The summed E-state index contributed by atoms with van der Waals surface area (Å²) in [6.07, 6.45) is 3.68. The molecule has 0 amide bonds. The normalized spacial score (nSPS) is 19.2. The van der Waals surface area contributed by atoms with E-state index >= 15 is 0 Å². The Labute approximate surface area is 140 Å². The van der Waals surface area contributed by atoms with E-state index < -0.39 is 10.0 Å². The third kappa shape index (κ3) is 2.79. The van der Waals surface area contributed by atoms with Gasteiger partial charge in [0.25, 0.3) is 0 Å². The molecule has 0 aliphatic carbocycles. The quantitative estimate of drug-likeness (QED) is 0.862. The van der Waals surface area contributed by atoms with Crippen LogP contribution in [0.5, 0.6) is 0 Å². The van der Waals surface area contributed by atoms with Crippen LogP contribution in [0.1, 0.15) is 11.4 Å². The van der Waals surface area contributed by atoms with Gasteiger partial charge in [0.2, 0.25) is 10.0 Å². The first kappa shape index (κ1) is 15.6. The lowest BCUT2D eigenvalue weighted by Gasteiger charge is -2.28. The molecular weight excluding hydrogens is 330 g/mol. The third-order valence-corrected chi connectivity index (χ3v) is 6.26. The van der Waals surface area contributed by atoms with Gasteiger partial charge in [0.15, 0.2) is 0 Å². The number of anilines is 1.